The minimum Gasteiger partial charge on any atom is -0.376 e. The van der Waals surface area contributed by atoms with E-state index in [0.717, 1.165) is 25.0 Å². The Balaban J connectivity index is 1.71. The van der Waals surface area contributed by atoms with Crippen molar-refractivity contribution >= 4 is 11.8 Å². The van der Waals surface area contributed by atoms with Gasteiger partial charge in [-0.15, -0.1) is 0 Å². The van der Waals surface area contributed by atoms with Crippen LogP contribution in [0.4, 0.5) is 0 Å². The van der Waals surface area contributed by atoms with Crippen LogP contribution in [0.5, 0.6) is 0 Å². The van der Waals surface area contributed by atoms with Crippen molar-refractivity contribution in [3.8, 4) is 5.69 Å². The summed E-state index contributed by atoms with van der Waals surface area (Å²) in [4.78, 5) is 23.6. The molecular formula is C18H22N4O3. The Kier molecular flexibility index (Phi) is 5.45. The molecule has 25 heavy (non-hydrogen) atoms. The van der Waals surface area contributed by atoms with E-state index in [-0.39, 0.29) is 17.9 Å². The van der Waals surface area contributed by atoms with Gasteiger partial charge in [-0.3, -0.25) is 9.59 Å². The number of aromatic nitrogens is 2. The maximum Gasteiger partial charge on any atom is 0.253 e. The summed E-state index contributed by atoms with van der Waals surface area (Å²) in [6.07, 6.45) is 5.61. The van der Waals surface area contributed by atoms with Gasteiger partial charge in [-0.2, -0.15) is 5.10 Å². The highest BCUT2D eigenvalue weighted by atomic mass is 16.5. The van der Waals surface area contributed by atoms with Crippen molar-refractivity contribution in [1.29, 1.82) is 0 Å². The minimum atomic E-state index is -0.148. The fourth-order valence-electron chi connectivity index (χ4n) is 2.78. The summed E-state index contributed by atoms with van der Waals surface area (Å²) in [6.45, 7) is 3.16. The lowest BCUT2D eigenvalue weighted by atomic mass is 10.1. The molecule has 1 fully saturated rings. The number of nitrogens with zero attached hydrogens (tertiary/aromatic N) is 2. The smallest absolute Gasteiger partial charge is 0.253 e. The van der Waals surface area contributed by atoms with Crippen molar-refractivity contribution in [3.63, 3.8) is 0 Å². The van der Waals surface area contributed by atoms with E-state index in [4.69, 9.17) is 4.74 Å². The molecule has 0 spiro atoms. The molecule has 2 N–H and O–H groups in total. The van der Waals surface area contributed by atoms with Gasteiger partial charge in [-0.25, -0.2) is 4.68 Å². The lowest BCUT2D eigenvalue weighted by molar-refractivity contribution is -0.119. The van der Waals surface area contributed by atoms with Crippen molar-refractivity contribution in [2.75, 3.05) is 13.2 Å². The summed E-state index contributed by atoms with van der Waals surface area (Å²) in [5.41, 5.74) is 2.11. The Morgan fingerprint density at radius 2 is 2.16 bits per heavy atom. The molecule has 2 amide bonds. The largest absolute Gasteiger partial charge is 0.376 e. The van der Waals surface area contributed by atoms with Crippen molar-refractivity contribution in [2.45, 2.75) is 32.4 Å². The molecule has 0 bridgehead atoms. The van der Waals surface area contributed by atoms with E-state index in [2.05, 4.69) is 15.7 Å². The van der Waals surface area contributed by atoms with E-state index in [1.54, 1.807) is 16.9 Å². The van der Waals surface area contributed by atoms with Gasteiger partial charge < -0.3 is 15.4 Å². The highest BCUT2D eigenvalue weighted by molar-refractivity contribution is 5.97. The van der Waals surface area contributed by atoms with Crippen LogP contribution in [0.2, 0.25) is 0 Å². The van der Waals surface area contributed by atoms with Crippen LogP contribution < -0.4 is 10.6 Å². The number of hydrogen-bond acceptors (Lipinski definition) is 4. The third-order valence-corrected chi connectivity index (χ3v) is 4.09. The Morgan fingerprint density at radius 3 is 2.92 bits per heavy atom. The normalized spacial score (nSPS) is 16.6. The summed E-state index contributed by atoms with van der Waals surface area (Å²) in [5.74, 6) is -0.244. The van der Waals surface area contributed by atoms with Gasteiger partial charge >= 0.3 is 0 Å². The molecule has 3 rings (SSSR count). The van der Waals surface area contributed by atoms with Gasteiger partial charge in [0, 0.05) is 38.4 Å². The second-order valence-electron chi connectivity index (χ2n) is 6.07. The van der Waals surface area contributed by atoms with Crippen LogP contribution in [0.15, 0.2) is 36.7 Å². The Morgan fingerprint density at radius 1 is 1.32 bits per heavy atom. The zero-order valence-electron chi connectivity index (χ0n) is 14.2. The monoisotopic (exact) mass is 342 g/mol. The molecular weight excluding hydrogens is 320 g/mol. The molecule has 2 aromatic rings. The summed E-state index contributed by atoms with van der Waals surface area (Å²) in [5, 5.41) is 9.97. The SMILES string of the molecule is CC(=O)NCc1cnn(-c2ccccc2C(=O)NC[C@H]2CCCO2)c1. The number of carbonyl (C=O) groups excluding carboxylic acids is 2. The first-order chi connectivity index (χ1) is 12.1. The minimum absolute atomic E-state index is 0.0957. The molecule has 0 aliphatic carbocycles. The predicted molar refractivity (Wildman–Crippen MR) is 92.4 cm³/mol. The molecule has 0 saturated carbocycles. The number of amides is 2. The van der Waals surface area contributed by atoms with Crippen LogP contribution in [0.1, 0.15) is 35.7 Å². The van der Waals surface area contributed by atoms with E-state index < -0.39 is 0 Å². The maximum atomic E-state index is 12.6. The highest BCUT2D eigenvalue weighted by Gasteiger charge is 2.18. The van der Waals surface area contributed by atoms with Gasteiger partial charge in [0.15, 0.2) is 0 Å². The molecule has 1 atom stereocenters. The topological polar surface area (TPSA) is 85.2 Å². The molecule has 1 aromatic heterocycles. The molecule has 7 nitrogen and oxygen atoms in total. The summed E-state index contributed by atoms with van der Waals surface area (Å²) in [7, 11) is 0. The fourth-order valence-corrected chi connectivity index (χ4v) is 2.78. The van der Waals surface area contributed by atoms with Crippen LogP contribution in [0.3, 0.4) is 0 Å². The second-order valence-corrected chi connectivity index (χ2v) is 6.07. The van der Waals surface area contributed by atoms with Crippen LogP contribution in [-0.4, -0.2) is 40.9 Å². The molecule has 1 saturated heterocycles. The molecule has 7 heteroatoms. The number of nitrogens with one attached hydrogen (secondary N) is 2. The molecule has 132 valence electrons. The van der Waals surface area contributed by atoms with Crippen LogP contribution in [0.25, 0.3) is 5.69 Å². The van der Waals surface area contributed by atoms with Gasteiger partial charge in [0.2, 0.25) is 5.91 Å². The number of benzene rings is 1. The first-order valence-electron chi connectivity index (χ1n) is 8.40. The van der Waals surface area contributed by atoms with Gasteiger partial charge in [0.25, 0.3) is 5.91 Å². The van der Waals surface area contributed by atoms with Crippen LogP contribution in [0, 0.1) is 0 Å². The van der Waals surface area contributed by atoms with Gasteiger partial charge in [-0.05, 0) is 25.0 Å². The standard InChI is InChI=1S/C18H22N4O3/c1-13(23)19-9-14-10-21-22(12-14)17-7-3-2-6-16(17)18(24)20-11-15-5-4-8-25-15/h2-3,6-7,10,12,15H,4-5,8-9,11H2,1H3,(H,19,23)(H,20,24)/t15-/m1/s1. The zero-order valence-corrected chi connectivity index (χ0v) is 14.2. The van der Waals surface area contributed by atoms with Crippen LogP contribution >= 0.6 is 0 Å². The van der Waals surface area contributed by atoms with E-state index in [9.17, 15) is 9.59 Å². The molecule has 1 aliphatic heterocycles. The lowest BCUT2D eigenvalue weighted by Gasteiger charge is -2.13. The van der Waals surface area contributed by atoms with Crippen molar-refractivity contribution in [2.24, 2.45) is 0 Å². The number of para-hydroxylation sites is 1. The fraction of sp³-hybridized carbons (Fsp3) is 0.389. The number of rotatable bonds is 6. The van der Waals surface area contributed by atoms with Gasteiger partial charge in [0.05, 0.1) is 23.6 Å². The Hall–Kier alpha value is -2.67. The van der Waals surface area contributed by atoms with Gasteiger partial charge in [-0.1, -0.05) is 12.1 Å². The average molecular weight is 342 g/mol. The first kappa shape index (κ1) is 17.2. The van der Waals surface area contributed by atoms with Gasteiger partial charge in [0.1, 0.15) is 0 Å². The van der Waals surface area contributed by atoms with E-state index in [0.29, 0.717) is 24.3 Å². The Bertz CT molecular complexity index is 750. The molecule has 1 aliphatic rings. The third-order valence-electron chi connectivity index (χ3n) is 4.09. The lowest BCUT2D eigenvalue weighted by Crippen LogP contribution is -2.32. The molecule has 0 unspecified atom stereocenters. The number of carbonyl (C=O) groups is 2. The predicted octanol–water partition coefficient (Wildman–Crippen LogP) is 1.42. The van der Waals surface area contributed by atoms with E-state index in [1.807, 2.05) is 24.4 Å². The third kappa shape index (κ3) is 4.45. The average Bonchev–Trinajstić information content (AvgIpc) is 3.29. The molecule has 2 heterocycles. The van der Waals surface area contributed by atoms with E-state index in [1.165, 1.54) is 6.92 Å². The summed E-state index contributed by atoms with van der Waals surface area (Å²) < 4.78 is 7.19. The summed E-state index contributed by atoms with van der Waals surface area (Å²) >= 11 is 0. The molecule has 1 aromatic carbocycles. The quantitative estimate of drug-likeness (QED) is 0.831. The highest BCUT2D eigenvalue weighted by Crippen LogP contribution is 2.16. The summed E-state index contributed by atoms with van der Waals surface area (Å²) in [6, 6.07) is 7.30. The van der Waals surface area contributed by atoms with Crippen molar-refractivity contribution in [1.82, 2.24) is 20.4 Å². The number of hydrogen-bond donors (Lipinski definition) is 2. The second kappa shape index (κ2) is 7.94. The Labute approximate surface area is 146 Å². The number of ether oxygens (including phenoxy) is 1. The maximum absolute atomic E-state index is 12.6. The van der Waals surface area contributed by atoms with E-state index >= 15 is 0 Å². The van der Waals surface area contributed by atoms with Crippen molar-refractivity contribution in [3.05, 3.63) is 47.8 Å². The molecule has 0 radical (unpaired) electrons. The first-order valence-corrected chi connectivity index (χ1v) is 8.40. The van der Waals surface area contributed by atoms with Crippen LogP contribution in [-0.2, 0) is 16.1 Å². The zero-order chi connectivity index (χ0) is 17.6. The van der Waals surface area contributed by atoms with Crippen molar-refractivity contribution < 1.29 is 14.3 Å².